The molecule has 124 valence electrons. The lowest BCUT2D eigenvalue weighted by Gasteiger charge is -2.28. The van der Waals surface area contributed by atoms with Gasteiger partial charge in [-0.25, -0.2) is 0 Å². The first-order chi connectivity index (χ1) is 9.33. The van der Waals surface area contributed by atoms with Crippen LogP contribution in [0.4, 0.5) is 0 Å². The second-order valence-corrected chi connectivity index (χ2v) is 6.93. The summed E-state index contributed by atoms with van der Waals surface area (Å²) >= 11 is 0. The van der Waals surface area contributed by atoms with Gasteiger partial charge in [-0.3, -0.25) is 0 Å². The van der Waals surface area contributed by atoms with Crippen molar-refractivity contribution < 1.29 is 9.47 Å². The molecule has 0 amide bonds. The molecule has 0 aromatic carbocycles. The van der Waals surface area contributed by atoms with Crippen LogP contribution in [0.3, 0.4) is 0 Å². The Labute approximate surface area is 128 Å². The molecule has 1 aliphatic heterocycles. The second-order valence-electron chi connectivity index (χ2n) is 6.93. The molecule has 20 heavy (non-hydrogen) atoms. The van der Waals surface area contributed by atoms with Crippen LogP contribution in [0.2, 0.25) is 0 Å². The van der Waals surface area contributed by atoms with Gasteiger partial charge in [0.05, 0.1) is 0 Å². The Balaban J connectivity index is 0. The molecular weight excluding hydrogens is 248 g/mol. The monoisotopic (exact) mass is 288 g/mol. The smallest absolute Gasteiger partial charge is 0.0495 e. The lowest BCUT2D eigenvalue weighted by molar-refractivity contribution is 0.0716. The lowest BCUT2D eigenvalue weighted by Crippen LogP contribution is -2.23. The minimum Gasteiger partial charge on any atom is -0.384 e. The second kappa shape index (κ2) is 13.9. The highest BCUT2D eigenvalue weighted by atomic mass is 16.5. The maximum Gasteiger partial charge on any atom is 0.0495 e. The zero-order valence-corrected chi connectivity index (χ0v) is 15.4. The number of methoxy groups -OCH3 is 1. The maximum atomic E-state index is 5.14. The van der Waals surface area contributed by atoms with Crippen molar-refractivity contribution in [3.63, 3.8) is 0 Å². The summed E-state index contributed by atoms with van der Waals surface area (Å²) in [5, 5.41) is 0. The third-order valence-electron chi connectivity index (χ3n) is 3.60. The van der Waals surface area contributed by atoms with Gasteiger partial charge >= 0.3 is 0 Å². The molecule has 0 N–H and O–H groups in total. The van der Waals surface area contributed by atoms with Gasteiger partial charge in [0.1, 0.15) is 0 Å². The normalized spacial score (nSPS) is 17.4. The van der Waals surface area contributed by atoms with Gasteiger partial charge in [0, 0.05) is 26.9 Å². The molecule has 0 saturated carbocycles. The molecule has 1 rings (SSSR count). The highest BCUT2D eigenvalue weighted by Gasteiger charge is 2.22. The van der Waals surface area contributed by atoms with Crippen molar-refractivity contribution in [2.45, 2.75) is 74.1 Å². The number of ether oxygens (including phenoxy) is 2. The largest absolute Gasteiger partial charge is 0.384 e. The third kappa shape index (κ3) is 14.3. The highest BCUT2D eigenvalue weighted by Crippen LogP contribution is 2.28. The van der Waals surface area contributed by atoms with E-state index in [1.54, 1.807) is 7.11 Å². The van der Waals surface area contributed by atoms with Gasteiger partial charge < -0.3 is 9.47 Å². The van der Waals surface area contributed by atoms with E-state index in [-0.39, 0.29) is 0 Å². The molecule has 0 aliphatic carbocycles. The fourth-order valence-corrected chi connectivity index (χ4v) is 2.00. The molecule has 1 heterocycles. The van der Waals surface area contributed by atoms with Crippen molar-refractivity contribution in [2.24, 2.45) is 17.3 Å². The molecule has 0 radical (unpaired) electrons. The molecule has 2 nitrogen and oxygen atoms in total. The van der Waals surface area contributed by atoms with Gasteiger partial charge in [-0.05, 0) is 30.1 Å². The third-order valence-corrected chi connectivity index (χ3v) is 3.60. The standard InChI is InChI=1S/C9H20O.C6H12O.C3H8/c1-6-8(7-10-5)9(2,3)4;1-6-2-4-7-5-3-6;1-3-2/h8H,6-7H2,1-5H3;6H,2-5H2,1H3;3H2,1-2H3. The van der Waals surface area contributed by atoms with Crippen LogP contribution in [0.15, 0.2) is 0 Å². The quantitative estimate of drug-likeness (QED) is 0.677. The molecule has 1 unspecified atom stereocenters. The molecule has 2 heteroatoms. The minimum absolute atomic E-state index is 0.394. The van der Waals surface area contributed by atoms with Gasteiger partial charge in [0.25, 0.3) is 0 Å². The van der Waals surface area contributed by atoms with Crippen molar-refractivity contribution in [3.8, 4) is 0 Å². The van der Waals surface area contributed by atoms with Gasteiger partial charge in [0.15, 0.2) is 0 Å². The van der Waals surface area contributed by atoms with Crippen LogP contribution in [0, 0.1) is 17.3 Å². The molecule has 1 atom stereocenters. The Morgan fingerprint density at radius 1 is 1.10 bits per heavy atom. The van der Waals surface area contributed by atoms with Crippen molar-refractivity contribution >= 4 is 0 Å². The van der Waals surface area contributed by atoms with Crippen LogP contribution in [0.25, 0.3) is 0 Å². The average molecular weight is 289 g/mol. The zero-order valence-electron chi connectivity index (χ0n) is 15.4. The summed E-state index contributed by atoms with van der Waals surface area (Å²) in [6.07, 6.45) is 4.98. The molecule has 1 fully saturated rings. The van der Waals surface area contributed by atoms with Gasteiger partial charge in [0.2, 0.25) is 0 Å². The lowest BCUT2D eigenvalue weighted by atomic mass is 9.80. The first kappa shape index (κ1) is 22.2. The summed E-state index contributed by atoms with van der Waals surface area (Å²) in [6.45, 7) is 18.4. The predicted molar refractivity (Wildman–Crippen MR) is 90.3 cm³/mol. The van der Waals surface area contributed by atoms with Crippen molar-refractivity contribution in [2.75, 3.05) is 26.9 Å². The molecule has 0 spiro atoms. The molecule has 0 aromatic heterocycles. The van der Waals surface area contributed by atoms with E-state index in [2.05, 4.69) is 48.5 Å². The summed E-state index contributed by atoms with van der Waals surface area (Å²) < 4.78 is 10.3. The van der Waals surface area contributed by atoms with Gasteiger partial charge in [-0.2, -0.15) is 0 Å². The fraction of sp³-hybridized carbons (Fsp3) is 1.00. The van der Waals surface area contributed by atoms with Crippen LogP contribution in [-0.4, -0.2) is 26.9 Å². The molecule has 1 aliphatic rings. The minimum atomic E-state index is 0.394. The Morgan fingerprint density at radius 2 is 1.55 bits per heavy atom. The van der Waals surface area contributed by atoms with E-state index in [1.165, 1.54) is 25.7 Å². The van der Waals surface area contributed by atoms with E-state index in [1.807, 2.05) is 0 Å². The van der Waals surface area contributed by atoms with E-state index in [0.29, 0.717) is 11.3 Å². The van der Waals surface area contributed by atoms with Crippen molar-refractivity contribution in [3.05, 3.63) is 0 Å². The Hall–Kier alpha value is -0.0800. The average Bonchev–Trinajstić information content (AvgIpc) is 2.37. The van der Waals surface area contributed by atoms with Crippen LogP contribution >= 0.6 is 0 Å². The number of hydrogen-bond acceptors (Lipinski definition) is 2. The molecule has 1 saturated heterocycles. The van der Waals surface area contributed by atoms with E-state index < -0.39 is 0 Å². The van der Waals surface area contributed by atoms with Crippen LogP contribution in [0.1, 0.15) is 74.1 Å². The summed E-state index contributed by atoms with van der Waals surface area (Å²) in [7, 11) is 1.77. The summed E-state index contributed by atoms with van der Waals surface area (Å²) in [5.74, 6) is 1.60. The first-order valence-electron chi connectivity index (χ1n) is 8.39. The highest BCUT2D eigenvalue weighted by molar-refractivity contribution is 4.71. The van der Waals surface area contributed by atoms with Crippen molar-refractivity contribution in [1.29, 1.82) is 0 Å². The first-order valence-corrected chi connectivity index (χ1v) is 8.39. The van der Waals surface area contributed by atoms with E-state index in [9.17, 15) is 0 Å². The summed E-state index contributed by atoms with van der Waals surface area (Å²) in [6, 6.07) is 0. The van der Waals surface area contributed by atoms with Crippen LogP contribution < -0.4 is 0 Å². The van der Waals surface area contributed by atoms with E-state index in [0.717, 1.165) is 25.7 Å². The van der Waals surface area contributed by atoms with E-state index >= 15 is 0 Å². The fourth-order valence-electron chi connectivity index (χ4n) is 2.00. The van der Waals surface area contributed by atoms with Crippen LogP contribution in [0.5, 0.6) is 0 Å². The predicted octanol–water partition coefficient (Wildman–Crippen LogP) is 5.55. The zero-order chi connectivity index (χ0) is 16.0. The van der Waals surface area contributed by atoms with Gasteiger partial charge in [-0.1, -0.05) is 61.3 Å². The SMILES string of the molecule is CC1CCOCC1.CCC.CCC(COC)C(C)(C)C. The van der Waals surface area contributed by atoms with E-state index in [4.69, 9.17) is 9.47 Å². The summed E-state index contributed by atoms with van der Waals surface area (Å²) in [4.78, 5) is 0. The molecular formula is C18H40O2. The Kier molecular flexibility index (Phi) is 15.4. The summed E-state index contributed by atoms with van der Waals surface area (Å²) in [5.41, 5.74) is 0.394. The molecule has 0 aromatic rings. The van der Waals surface area contributed by atoms with Gasteiger partial charge in [-0.15, -0.1) is 0 Å². The van der Waals surface area contributed by atoms with Crippen LogP contribution in [-0.2, 0) is 9.47 Å². The van der Waals surface area contributed by atoms with Crippen molar-refractivity contribution in [1.82, 2.24) is 0 Å². The maximum absolute atomic E-state index is 5.14. The topological polar surface area (TPSA) is 18.5 Å². The Morgan fingerprint density at radius 3 is 1.70 bits per heavy atom. The molecule has 0 bridgehead atoms. The number of hydrogen-bond donors (Lipinski definition) is 0. The number of rotatable bonds is 3. The Bertz CT molecular complexity index is 178.